The van der Waals surface area contributed by atoms with E-state index in [0.29, 0.717) is 23.1 Å². The first-order chi connectivity index (χ1) is 14.4. The zero-order chi connectivity index (χ0) is 21.5. The van der Waals surface area contributed by atoms with Gasteiger partial charge in [-0.1, -0.05) is 42.1 Å². The minimum absolute atomic E-state index is 0.00184. The van der Waals surface area contributed by atoms with Crippen molar-refractivity contribution in [3.63, 3.8) is 0 Å². The Morgan fingerprint density at radius 3 is 2.43 bits per heavy atom. The van der Waals surface area contributed by atoms with Crippen molar-refractivity contribution < 1.29 is 14.0 Å². The largest absolute Gasteiger partial charge is 0.336 e. The van der Waals surface area contributed by atoms with Crippen LogP contribution in [-0.2, 0) is 11.3 Å². The Hall–Kier alpha value is -3.20. The molecular weight excluding hydrogens is 405 g/mol. The highest BCUT2D eigenvalue weighted by atomic mass is 32.2. The van der Waals surface area contributed by atoms with Crippen LogP contribution in [0.1, 0.15) is 19.4 Å². The molecule has 2 N–H and O–H groups in total. The van der Waals surface area contributed by atoms with Crippen LogP contribution >= 0.6 is 11.8 Å². The molecule has 7 nitrogen and oxygen atoms in total. The van der Waals surface area contributed by atoms with Crippen LogP contribution in [0.15, 0.2) is 59.8 Å². The van der Waals surface area contributed by atoms with Crippen LogP contribution in [0.3, 0.4) is 0 Å². The van der Waals surface area contributed by atoms with Crippen LogP contribution in [0.25, 0.3) is 11.4 Å². The SMILES string of the molecule is CC(C)NC(=O)NC(=O)CSc1nnc(-c2ccc(F)cc2)n1Cc1ccccc1. The van der Waals surface area contributed by atoms with Gasteiger partial charge >= 0.3 is 6.03 Å². The molecule has 3 aromatic rings. The minimum atomic E-state index is -0.534. The molecule has 156 valence electrons. The molecule has 0 bridgehead atoms. The Kier molecular flexibility index (Phi) is 7.18. The molecule has 3 rings (SSSR count). The number of thioether (sulfide) groups is 1. The van der Waals surface area contributed by atoms with E-state index in [1.165, 1.54) is 23.9 Å². The Balaban J connectivity index is 1.79. The molecule has 0 spiro atoms. The second-order valence-electron chi connectivity index (χ2n) is 6.85. The Morgan fingerprint density at radius 1 is 1.07 bits per heavy atom. The van der Waals surface area contributed by atoms with E-state index in [2.05, 4.69) is 20.8 Å². The summed E-state index contributed by atoms with van der Waals surface area (Å²) in [4.78, 5) is 23.8. The summed E-state index contributed by atoms with van der Waals surface area (Å²) in [5.74, 6) is -0.198. The van der Waals surface area contributed by atoms with Crippen molar-refractivity contribution >= 4 is 23.7 Å². The number of imide groups is 1. The van der Waals surface area contributed by atoms with Crippen molar-refractivity contribution in [3.05, 3.63) is 66.0 Å². The zero-order valence-corrected chi connectivity index (χ0v) is 17.4. The predicted octanol–water partition coefficient (Wildman–Crippen LogP) is 3.46. The minimum Gasteiger partial charge on any atom is -0.336 e. The van der Waals surface area contributed by atoms with E-state index in [4.69, 9.17) is 0 Å². The summed E-state index contributed by atoms with van der Waals surface area (Å²) in [7, 11) is 0. The third kappa shape index (κ3) is 5.90. The lowest BCUT2D eigenvalue weighted by molar-refractivity contribution is -0.117. The second kappa shape index (κ2) is 10.0. The molecule has 0 fully saturated rings. The van der Waals surface area contributed by atoms with E-state index in [1.807, 2.05) is 48.7 Å². The lowest BCUT2D eigenvalue weighted by atomic mass is 10.2. The summed E-state index contributed by atoms with van der Waals surface area (Å²) in [6.07, 6.45) is 0. The maximum atomic E-state index is 13.3. The van der Waals surface area contributed by atoms with Crippen LogP contribution in [-0.4, -0.2) is 38.5 Å². The summed E-state index contributed by atoms with van der Waals surface area (Å²) >= 11 is 1.18. The van der Waals surface area contributed by atoms with E-state index in [1.54, 1.807) is 12.1 Å². The number of nitrogens with one attached hydrogen (secondary N) is 2. The standard InChI is InChI=1S/C21H22FN5O2S/c1-14(2)23-20(29)24-18(28)13-30-21-26-25-19(16-8-10-17(22)11-9-16)27(21)12-15-6-4-3-5-7-15/h3-11,14H,12-13H2,1-2H3,(H2,23,24,28,29). The normalized spacial score (nSPS) is 10.8. The molecule has 3 amide bonds. The molecule has 0 aliphatic heterocycles. The molecule has 0 aliphatic rings. The number of hydrogen-bond donors (Lipinski definition) is 2. The monoisotopic (exact) mass is 427 g/mol. The fraction of sp³-hybridized carbons (Fsp3) is 0.238. The molecule has 0 atom stereocenters. The highest BCUT2D eigenvalue weighted by Gasteiger charge is 2.17. The van der Waals surface area contributed by atoms with Gasteiger partial charge in [-0.2, -0.15) is 0 Å². The molecular formula is C21H22FN5O2S. The number of amides is 3. The summed E-state index contributed by atoms with van der Waals surface area (Å²) in [5.41, 5.74) is 1.75. The number of carbonyl (C=O) groups is 2. The van der Waals surface area contributed by atoms with Gasteiger partial charge < -0.3 is 5.32 Å². The van der Waals surface area contributed by atoms with Crippen molar-refractivity contribution in [1.82, 2.24) is 25.4 Å². The molecule has 0 saturated carbocycles. The molecule has 0 aliphatic carbocycles. The quantitative estimate of drug-likeness (QED) is 0.564. The molecule has 30 heavy (non-hydrogen) atoms. The maximum Gasteiger partial charge on any atom is 0.321 e. The first kappa shape index (κ1) is 21.5. The van der Waals surface area contributed by atoms with Crippen LogP contribution in [0.2, 0.25) is 0 Å². The zero-order valence-electron chi connectivity index (χ0n) is 16.6. The average molecular weight is 428 g/mol. The second-order valence-corrected chi connectivity index (χ2v) is 7.79. The van der Waals surface area contributed by atoms with Crippen molar-refractivity contribution in [1.29, 1.82) is 0 Å². The van der Waals surface area contributed by atoms with E-state index < -0.39 is 11.9 Å². The van der Waals surface area contributed by atoms with Gasteiger partial charge in [0.15, 0.2) is 11.0 Å². The average Bonchev–Trinajstić information content (AvgIpc) is 3.09. The Bertz CT molecular complexity index is 1010. The number of aromatic nitrogens is 3. The number of urea groups is 1. The summed E-state index contributed by atoms with van der Waals surface area (Å²) in [6, 6.07) is 15.2. The van der Waals surface area contributed by atoms with E-state index >= 15 is 0 Å². The lowest BCUT2D eigenvalue weighted by Gasteiger charge is -2.11. The predicted molar refractivity (Wildman–Crippen MR) is 113 cm³/mol. The molecule has 0 saturated heterocycles. The highest BCUT2D eigenvalue weighted by molar-refractivity contribution is 7.99. The van der Waals surface area contributed by atoms with Crippen LogP contribution in [0.4, 0.5) is 9.18 Å². The smallest absolute Gasteiger partial charge is 0.321 e. The number of hydrogen-bond acceptors (Lipinski definition) is 5. The molecule has 0 unspecified atom stereocenters. The van der Waals surface area contributed by atoms with Gasteiger partial charge in [0, 0.05) is 11.6 Å². The fourth-order valence-corrected chi connectivity index (χ4v) is 3.45. The van der Waals surface area contributed by atoms with Crippen molar-refractivity contribution in [2.24, 2.45) is 0 Å². The molecule has 1 aromatic heterocycles. The first-order valence-corrected chi connectivity index (χ1v) is 10.4. The van der Waals surface area contributed by atoms with Gasteiger partial charge in [0.1, 0.15) is 5.82 Å². The van der Waals surface area contributed by atoms with Gasteiger partial charge in [-0.05, 0) is 43.7 Å². The summed E-state index contributed by atoms with van der Waals surface area (Å²) < 4.78 is 15.2. The van der Waals surface area contributed by atoms with Crippen LogP contribution in [0.5, 0.6) is 0 Å². The van der Waals surface area contributed by atoms with E-state index in [0.717, 1.165) is 5.56 Å². The van der Waals surface area contributed by atoms with Gasteiger partial charge in [0.2, 0.25) is 5.91 Å². The van der Waals surface area contributed by atoms with Gasteiger partial charge in [-0.15, -0.1) is 10.2 Å². The third-order valence-corrected chi connectivity index (χ3v) is 4.97. The third-order valence-electron chi connectivity index (χ3n) is 4.01. The Morgan fingerprint density at radius 2 is 1.77 bits per heavy atom. The fourth-order valence-electron chi connectivity index (χ4n) is 2.71. The van der Waals surface area contributed by atoms with Gasteiger partial charge in [0.25, 0.3) is 0 Å². The highest BCUT2D eigenvalue weighted by Crippen LogP contribution is 2.25. The Labute approximate surface area is 178 Å². The van der Waals surface area contributed by atoms with Gasteiger partial charge in [-0.25, -0.2) is 9.18 Å². The number of nitrogens with zero attached hydrogens (tertiary/aromatic N) is 3. The molecule has 1 heterocycles. The van der Waals surface area contributed by atoms with E-state index in [9.17, 15) is 14.0 Å². The number of rotatable bonds is 7. The number of benzene rings is 2. The molecule has 2 aromatic carbocycles. The van der Waals surface area contributed by atoms with Gasteiger partial charge in [-0.3, -0.25) is 14.7 Å². The van der Waals surface area contributed by atoms with E-state index in [-0.39, 0.29) is 17.6 Å². The summed E-state index contributed by atoms with van der Waals surface area (Å²) in [6.45, 7) is 4.10. The van der Waals surface area contributed by atoms with Crippen molar-refractivity contribution in [2.45, 2.75) is 31.6 Å². The molecule has 0 radical (unpaired) electrons. The topological polar surface area (TPSA) is 88.9 Å². The maximum absolute atomic E-state index is 13.3. The van der Waals surface area contributed by atoms with Gasteiger partial charge in [0.05, 0.1) is 12.3 Å². The number of halogens is 1. The van der Waals surface area contributed by atoms with Crippen LogP contribution < -0.4 is 10.6 Å². The van der Waals surface area contributed by atoms with Crippen molar-refractivity contribution in [3.8, 4) is 11.4 Å². The van der Waals surface area contributed by atoms with Crippen LogP contribution in [0, 0.1) is 5.82 Å². The van der Waals surface area contributed by atoms with Crippen molar-refractivity contribution in [2.75, 3.05) is 5.75 Å². The number of carbonyl (C=O) groups excluding carboxylic acids is 2. The lowest BCUT2D eigenvalue weighted by Crippen LogP contribution is -2.43. The summed E-state index contributed by atoms with van der Waals surface area (Å²) in [5, 5.41) is 13.9. The first-order valence-electron chi connectivity index (χ1n) is 9.38. The molecule has 9 heteroatoms.